The molecule has 1 aliphatic rings. The van der Waals surface area contributed by atoms with Crippen LogP contribution in [0.1, 0.15) is 22.8 Å². The Morgan fingerprint density at radius 3 is 2.67 bits per heavy atom. The highest BCUT2D eigenvalue weighted by atomic mass is 16.5. The van der Waals surface area contributed by atoms with E-state index in [1.54, 1.807) is 36.4 Å². The molecule has 154 valence electrons. The molecule has 1 heterocycles. The zero-order valence-corrected chi connectivity index (χ0v) is 16.5. The third-order valence-electron chi connectivity index (χ3n) is 4.30. The molecule has 1 aliphatic heterocycles. The first kappa shape index (κ1) is 22.3. The summed E-state index contributed by atoms with van der Waals surface area (Å²) in [6, 6.07) is 8.41. The Hall–Kier alpha value is -3.96. The summed E-state index contributed by atoms with van der Waals surface area (Å²) < 4.78 is 4.66. The summed E-state index contributed by atoms with van der Waals surface area (Å²) >= 11 is 0. The summed E-state index contributed by atoms with van der Waals surface area (Å²) in [6.45, 7) is 0.740. The maximum atomic E-state index is 12.5. The second kappa shape index (κ2) is 10.0. The van der Waals surface area contributed by atoms with Crippen molar-refractivity contribution in [2.24, 2.45) is 0 Å². The number of aliphatic hydroxyl groups is 2. The third-order valence-corrected chi connectivity index (χ3v) is 4.30. The Balaban J connectivity index is 2.31. The largest absolute Gasteiger partial charge is 0.508 e. The highest BCUT2D eigenvalue weighted by molar-refractivity contribution is 6.18. The average molecular weight is 408 g/mol. The molecule has 0 radical (unpaired) electrons. The molecule has 0 saturated heterocycles. The van der Waals surface area contributed by atoms with Crippen molar-refractivity contribution in [1.29, 1.82) is 5.26 Å². The van der Waals surface area contributed by atoms with Gasteiger partial charge in [0.25, 0.3) is 11.8 Å². The number of hydrogen-bond donors (Lipinski definition) is 2. The first-order valence-electron chi connectivity index (χ1n) is 8.89. The molecular weight excluding hydrogens is 388 g/mol. The number of allylic oxidation sites excluding steroid dienone is 3. The Labute approximate surface area is 173 Å². The molecule has 0 aliphatic carbocycles. The minimum Gasteiger partial charge on any atom is -0.508 e. The van der Waals surface area contributed by atoms with Crippen LogP contribution < -0.4 is 0 Å². The smallest absolute Gasteiger partial charge is 0.337 e. The predicted octanol–water partition coefficient (Wildman–Crippen LogP) is 2.06. The molecule has 2 N–H and O–H groups in total. The van der Waals surface area contributed by atoms with Crippen LogP contribution in [-0.4, -0.2) is 53.2 Å². The van der Waals surface area contributed by atoms with Crippen LogP contribution in [0.25, 0.3) is 6.08 Å². The highest BCUT2D eigenvalue weighted by Gasteiger charge is 2.35. The van der Waals surface area contributed by atoms with Crippen molar-refractivity contribution in [2.75, 3.05) is 20.3 Å². The van der Waals surface area contributed by atoms with Gasteiger partial charge < -0.3 is 14.9 Å². The molecule has 0 bridgehead atoms. The van der Waals surface area contributed by atoms with Crippen LogP contribution in [0.15, 0.2) is 65.0 Å². The lowest BCUT2D eigenvalue weighted by atomic mass is 9.94. The van der Waals surface area contributed by atoms with Gasteiger partial charge in [-0.05, 0) is 42.3 Å². The fourth-order valence-electron chi connectivity index (χ4n) is 2.77. The number of β-amino-alcohol motifs (C(OH)–C–C–N with tert-alkyl or cyclic N) is 1. The molecule has 1 aromatic carbocycles. The van der Waals surface area contributed by atoms with Gasteiger partial charge in [-0.2, -0.15) is 5.26 Å². The second-order valence-electron chi connectivity index (χ2n) is 6.22. The Bertz CT molecular complexity index is 1040. The van der Waals surface area contributed by atoms with Gasteiger partial charge in [-0.15, -0.1) is 0 Å². The van der Waals surface area contributed by atoms with E-state index in [9.17, 15) is 24.8 Å². The van der Waals surface area contributed by atoms with Crippen molar-refractivity contribution in [1.82, 2.24) is 4.90 Å². The number of carbonyl (C=O) groups excluding carboxylic acids is 3. The van der Waals surface area contributed by atoms with Crippen molar-refractivity contribution in [3.05, 3.63) is 76.1 Å². The van der Waals surface area contributed by atoms with Gasteiger partial charge in [0.05, 0.1) is 25.8 Å². The number of nitrogens with zero attached hydrogens (tertiary/aromatic N) is 2. The monoisotopic (exact) mass is 408 g/mol. The van der Waals surface area contributed by atoms with Crippen LogP contribution in [-0.2, 0) is 14.3 Å². The van der Waals surface area contributed by atoms with Crippen molar-refractivity contribution in [2.45, 2.75) is 6.92 Å². The van der Waals surface area contributed by atoms with E-state index in [0.29, 0.717) is 11.1 Å². The minimum absolute atomic E-state index is 0.0190. The van der Waals surface area contributed by atoms with E-state index < -0.39 is 24.4 Å². The fraction of sp³-hybridized carbons (Fsp3) is 0.182. The zero-order chi connectivity index (χ0) is 22.3. The summed E-state index contributed by atoms with van der Waals surface area (Å²) in [5.74, 6) is -2.24. The molecule has 0 saturated carbocycles. The number of methoxy groups -OCH3 is 1. The SMILES string of the molecule is COC(=O)c1cccc(/C=C/C=C(O)/C=C2\C(=O)N(CCO)C(=O)C(C#N)=C2C)c1. The molecule has 1 aromatic rings. The van der Waals surface area contributed by atoms with E-state index in [4.69, 9.17) is 5.11 Å². The topological polar surface area (TPSA) is 128 Å². The molecule has 2 rings (SSSR count). The van der Waals surface area contributed by atoms with Crippen LogP contribution in [0, 0.1) is 11.3 Å². The quantitative estimate of drug-likeness (QED) is 0.242. The Morgan fingerprint density at radius 2 is 2.03 bits per heavy atom. The van der Waals surface area contributed by atoms with Gasteiger partial charge in [0, 0.05) is 5.57 Å². The molecule has 30 heavy (non-hydrogen) atoms. The van der Waals surface area contributed by atoms with E-state index in [1.165, 1.54) is 26.2 Å². The minimum atomic E-state index is -0.778. The number of imide groups is 1. The maximum Gasteiger partial charge on any atom is 0.337 e. The van der Waals surface area contributed by atoms with Crippen LogP contribution >= 0.6 is 0 Å². The summed E-state index contributed by atoms with van der Waals surface area (Å²) in [6.07, 6.45) is 5.62. The second-order valence-corrected chi connectivity index (χ2v) is 6.22. The molecule has 0 fully saturated rings. The Kier molecular flexibility index (Phi) is 7.44. The van der Waals surface area contributed by atoms with Crippen LogP contribution in [0.3, 0.4) is 0 Å². The van der Waals surface area contributed by atoms with Crippen LogP contribution in [0.2, 0.25) is 0 Å². The van der Waals surface area contributed by atoms with E-state index in [-0.39, 0.29) is 29.0 Å². The number of amides is 2. The van der Waals surface area contributed by atoms with Gasteiger partial charge in [0.1, 0.15) is 17.4 Å². The summed E-state index contributed by atoms with van der Waals surface area (Å²) in [4.78, 5) is 37.1. The molecule has 8 heteroatoms. The molecule has 0 atom stereocenters. The van der Waals surface area contributed by atoms with Crippen molar-refractivity contribution < 1.29 is 29.3 Å². The van der Waals surface area contributed by atoms with E-state index in [2.05, 4.69) is 4.74 Å². The van der Waals surface area contributed by atoms with Gasteiger partial charge in [-0.3, -0.25) is 14.5 Å². The number of hydrogen-bond acceptors (Lipinski definition) is 7. The fourth-order valence-corrected chi connectivity index (χ4v) is 2.77. The van der Waals surface area contributed by atoms with Crippen molar-refractivity contribution in [3.63, 3.8) is 0 Å². The van der Waals surface area contributed by atoms with E-state index in [1.807, 2.05) is 0 Å². The lowest BCUT2D eigenvalue weighted by Crippen LogP contribution is -2.44. The molecular formula is C22H20N2O6. The maximum absolute atomic E-state index is 12.5. The number of benzene rings is 1. The first-order chi connectivity index (χ1) is 14.3. The molecule has 8 nitrogen and oxygen atoms in total. The number of rotatable bonds is 6. The van der Waals surface area contributed by atoms with Gasteiger partial charge in [0.15, 0.2) is 0 Å². The summed E-state index contributed by atoms with van der Waals surface area (Å²) in [7, 11) is 1.29. The van der Waals surface area contributed by atoms with Crippen molar-refractivity contribution in [3.8, 4) is 6.07 Å². The number of ether oxygens (including phenoxy) is 1. The van der Waals surface area contributed by atoms with E-state index in [0.717, 1.165) is 11.0 Å². The molecule has 2 amide bonds. The average Bonchev–Trinajstić information content (AvgIpc) is 2.74. The van der Waals surface area contributed by atoms with Gasteiger partial charge in [-0.1, -0.05) is 24.3 Å². The zero-order valence-electron chi connectivity index (χ0n) is 16.5. The van der Waals surface area contributed by atoms with Crippen LogP contribution in [0.5, 0.6) is 0 Å². The number of aliphatic hydroxyl groups excluding tert-OH is 2. The van der Waals surface area contributed by atoms with Gasteiger partial charge >= 0.3 is 5.97 Å². The lowest BCUT2D eigenvalue weighted by Gasteiger charge is -2.26. The third kappa shape index (κ3) is 4.90. The summed E-state index contributed by atoms with van der Waals surface area (Å²) in [5.41, 5.74) is 0.968. The predicted molar refractivity (Wildman–Crippen MR) is 108 cm³/mol. The van der Waals surface area contributed by atoms with Gasteiger partial charge in [-0.25, -0.2) is 4.79 Å². The molecule has 0 unspecified atom stereocenters. The summed E-state index contributed by atoms with van der Waals surface area (Å²) in [5, 5.41) is 28.5. The first-order valence-corrected chi connectivity index (χ1v) is 8.89. The standard InChI is InChI=1S/C22H20N2O6/c1-14-18(20(27)24(9-10-25)21(28)19(14)13-23)12-17(26)8-4-6-15-5-3-7-16(11-15)22(29)30-2/h3-8,11-12,25-26H,9-10H2,1-2H3/b6-4+,17-8-,18-12-. The highest BCUT2D eigenvalue weighted by Crippen LogP contribution is 2.25. The Morgan fingerprint density at radius 1 is 1.30 bits per heavy atom. The number of carbonyl (C=O) groups is 3. The molecule has 0 aromatic heterocycles. The molecule has 0 spiro atoms. The van der Waals surface area contributed by atoms with Crippen LogP contribution in [0.4, 0.5) is 0 Å². The number of nitriles is 1. The van der Waals surface area contributed by atoms with Crippen molar-refractivity contribution >= 4 is 23.9 Å². The lowest BCUT2D eigenvalue weighted by molar-refractivity contribution is -0.141. The van der Waals surface area contributed by atoms with Gasteiger partial charge in [0.2, 0.25) is 0 Å². The number of esters is 1. The van der Waals surface area contributed by atoms with E-state index >= 15 is 0 Å². The normalized spacial score (nSPS) is 16.4.